The van der Waals surface area contributed by atoms with Gasteiger partial charge in [0, 0.05) is 5.39 Å². The van der Waals surface area contributed by atoms with Crippen LogP contribution in [0.3, 0.4) is 0 Å². The molecule has 7 heteroatoms. The highest BCUT2D eigenvalue weighted by molar-refractivity contribution is 7.98. The van der Waals surface area contributed by atoms with Gasteiger partial charge in [0.15, 0.2) is 0 Å². The number of nitrogens with one attached hydrogen (secondary N) is 1. The van der Waals surface area contributed by atoms with Gasteiger partial charge in [0.25, 0.3) is 0 Å². The normalized spacial score (nSPS) is 12.6. The van der Waals surface area contributed by atoms with E-state index in [1.165, 1.54) is 0 Å². The second-order valence-corrected chi connectivity index (χ2v) is 8.07. The van der Waals surface area contributed by atoms with Crippen molar-refractivity contribution >= 4 is 39.6 Å². The van der Waals surface area contributed by atoms with Crippen molar-refractivity contribution < 1.29 is 18.7 Å². The summed E-state index contributed by atoms with van der Waals surface area (Å²) < 4.78 is 11.3. The molecule has 1 amide bonds. The first-order chi connectivity index (χ1) is 13.4. The molecule has 3 rings (SSSR count). The lowest BCUT2D eigenvalue weighted by Crippen LogP contribution is -2.39. The predicted molar refractivity (Wildman–Crippen MR) is 112 cm³/mol. The number of benzene rings is 1. The van der Waals surface area contributed by atoms with Crippen LogP contribution in [0.2, 0.25) is 0 Å². The maximum atomic E-state index is 12.5. The van der Waals surface area contributed by atoms with Gasteiger partial charge in [-0.15, -0.1) is 0 Å². The molecule has 0 fully saturated rings. The molecule has 2 aromatic heterocycles. The number of fused-ring (bicyclic) bond motifs is 3. The van der Waals surface area contributed by atoms with Gasteiger partial charge in [0.2, 0.25) is 5.91 Å². The zero-order valence-electron chi connectivity index (χ0n) is 16.5. The van der Waals surface area contributed by atoms with Crippen molar-refractivity contribution in [3.63, 3.8) is 0 Å². The van der Waals surface area contributed by atoms with Gasteiger partial charge in [-0.2, -0.15) is 11.8 Å². The Morgan fingerprint density at radius 3 is 2.68 bits per heavy atom. The van der Waals surface area contributed by atoms with Crippen LogP contribution in [0.4, 0.5) is 0 Å². The monoisotopic (exact) mass is 403 g/mol. The number of rotatable bonds is 7. The first-order valence-corrected chi connectivity index (χ1v) is 10.6. The highest BCUT2D eigenvalue weighted by Gasteiger charge is 2.21. The standard InChI is InChI=1S/C21H25NO5S/c1-11-7-16-19(20-18(11)12(2)10-26-20)13(3)15(21(25)27-16)8-17(24)22-14(9-23)5-6-28-4/h7,10,14,23H,5-6,8-9H2,1-4H3,(H,22,24). The highest BCUT2D eigenvalue weighted by atomic mass is 32.2. The fraction of sp³-hybridized carbons (Fsp3) is 0.429. The third kappa shape index (κ3) is 3.82. The van der Waals surface area contributed by atoms with Crippen LogP contribution in [0, 0.1) is 20.8 Å². The minimum atomic E-state index is -0.521. The Labute approximate surface area is 167 Å². The Hall–Kier alpha value is -2.25. The molecule has 0 saturated carbocycles. The van der Waals surface area contributed by atoms with Gasteiger partial charge in [-0.05, 0) is 62.0 Å². The van der Waals surface area contributed by atoms with E-state index in [4.69, 9.17) is 8.83 Å². The maximum Gasteiger partial charge on any atom is 0.340 e. The summed E-state index contributed by atoms with van der Waals surface area (Å²) in [5.74, 6) is 0.520. The number of amides is 1. The lowest BCUT2D eigenvalue weighted by atomic mass is 9.98. The van der Waals surface area contributed by atoms with Crippen molar-refractivity contribution in [3.8, 4) is 0 Å². The molecule has 2 N–H and O–H groups in total. The number of aryl methyl sites for hydroxylation is 3. The average Bonchev–Trinajstić information content (AvgIpc) is 3.04. The zero-order chi connectivity index (χ0) is 20.4. The summed E-state index contributed by atoms with van der Waals surface area (Å²) in [7, 11) is 0. The molecule has 0 bridgehead atoms. The molecular weight excluding hydrogens is 378 g/mol. The summed E-state index contributed by atoms with van der Waals surface area (Å²) in [6, 6.07) is 1.51. The van der Waals surface area contributed by atoms with Gasteiger partial charge in [0.1, 0.15) is 11.2 Å². The molecule has 0 radical (unpaired) electrons. The van der Waals surface area contributed by atoms with E-state index in [0.29, 0.717) is 28.7 Å². The highest BCUT2D eigenvalue weighted by Crippen LogP contribution is 2.34. The lowest BCUT2D eigenvalue weighted by Gasteiger charge is -2.16. The van der Waals surface area contributed by atoms with Crippen LogP contribution in [0.25, 0.3) is 21.9 Å². The van der Waals surface area contributed by atoms with Crippen molar-refractivity contribution in [1.29, 1.82) is 0 Å². The molecule has 1 aromatic carbocycles. The molecular formula is C21H25NO5S. The molecule has 28 heavy (non-hydrogen) atoms. The summed E-state index contributed by atoms with van der Waals surface area (Å²) >= 11 is 1.65. The summed E-state index contributed by atoms with van der Waals surface area (Å²) in [6.45, 7) is 5.59. The predicted octanol–water partition coefficient (Wildman–Crippen LogP) is 3.24. The Bertz CT molecular complexity index is 1080. The zero-order valence-corrected chi connectivity index (χ0v) is 17.4. The third-order valence-corrected chi connectivity index (χ3v) is 5.70. The van der Waals surface area contributed by atoms with Gasteiger partial charge in [0.05, 0.1) is 36.3 Å². The smallest absolute Gasteiger partial charge is 0.340 e. The van der Waals surface area contributed by atoms with Crippen LogP contribution in [0.5, 0.6) is 0 Å². The molecule has 0 aliphatic heterocycles. The molecule has 0 aliphatic carbocycles. The van der Waals surface area contributed by atoms with Crippen LogP contribution < -0.4 is 10.9 Å². The Morgan fingerprint density at radius 1 is 1.25 bits per heavy atom. The molecule has 0 aliphatic rings. The number of aliphatic hydroxyl groups excluding tert-OH is 1. The minimum Gasteiger partial charge on any atom is -0.463 e. The number of carbonyl (C=O) groups is 1. The Kier molecular flexibility index (Phi) is 6.15. The van der Waals surface area contributed by atoms with E-state index in [1.54, 1.807) is 18.0 Å². The molecule has 0 saturated heterocycles. The fourth-order valence-corrected chi connectivity index (χ4v) is 4.11. The van der Waals surface area contributed by atoms with E-state index in [0.717, 1.165) is 27.7 Å². The van der Waals surface area contributed by atoms with Gasteiger partial charge >= 0.3 is 5.63 Å². The number of furan rings is 1. The summed E-state index contributed by atoms with van der Waals surface area (Å²) in [4.78, 5) is 25.0. The second-order valence-electron chi connectivity index (χ2n) is 7.09. The average molecular weight is 404 g/mol. The number of thioether (sulfide) groups is 1. The number of hydrogen-bond donors (Lipinski definition) is 2. The van der Waals surface area contributed by atoms with Crippen molar-refractivity contribution in [1.82, 2.24) is 5.32 Å². The second kappa shape index (κ2) is 8.41. The molecule has 6 nitrogen and oxygen atoms in total. The molecule has 2 heterocycles. The van der Waals surface area contributed by atoms with E-state index >= 15 is 0 Å². The first kappa shape index (κ1) is 20.5. The molecule has 0 spiro atoms. The largest absolute Gasteiger partial charge is 0.463 e. The van der Waals surface area contributed by atoms with Crippen molar-refractivity contribution in [3.05, 3.63) is 45.0 Å². The van der Waals surface area contributed by atoms with Crippen molar-refractivity contribution in [2.75, 3.05) is 18.6 Å². The number of aliphatic hydroxyl groups is 1. The van der Waals surface area contributed by atoms with Crippen LogP contribution in [-0.2, 0) is 11.2 Å². The first-order valence-electron chi connectivity index (χ1n) is 9.20. The molecule has 1 unspecified atom stereocenters. The minimum absolute atomic E-state index is 0.102. The van der Waals surface area contributed by atoms with Crippen LogP contribution >= 0.6 is 11.8 Å². The lowest BCUT2D eigenvalue weighted by molar-refractivity contribution is -0.121. The quantitative estimate of drug-likeness (QED) is 0.589. The van der Waals surface area contributed by atoms with E-state index < -0.39 is 5.63 Å². The van der Waals surface area contributed by atoms with Crippen LogP contribution in [0.1, 0.15) is 28.7 Å². The van der Waals surface area contributed by atoms with Crippen LogP contribution in [-0.4, -0.2) is 35.7 Å². The Morgan fingerprint density at radius 2 is 2.00 bits per heavy atom. The topological polar surface area (TPSA) is 92.7 Å². The number of carbonyl (C=O) groups excluding carboxylic acids is 1. The van der Waals surface area contributed by atoms with E-state index in [9.17, 15) is 14.7 Å². The Balaban J connectivity index is 2.00. The summed E-state index contributed by atoms with van der Waals surface area (Å²) in [5, 5.41) is 14.0. The van der Waals surface area contributed by atoms with E-state index in [2.05, 4.69) is 5.32 Å². The van der Waals surface area contributed by atoms with Gasteiger partial charge in [-0.3, -0.25) is 4.79 Å². The van der Waals surface area contributed by atoms with Crippen molar-refractivity contribution in [2.45, 2.75) is 39.7 Å². The number of hydrogen-bond acceptors (Lipinski definition) is 6. The maximum absolute atomic E-state index is 12.5. The SMILES string of the molecule is CSCCC(CO)NC(=O)Cc1c(C)c2c(cc(C)c3c(C)coc32)oc1=O. The summed E-state index contributed by atoms with van der Waals surface area (Å²) in [5.41, 5.74) is 3.59. The summed E-state index contributed by atoms with van der Waals surface area (Å²) in [6.07, 6.45) is 4.22. The van der Waals surface area contributed by atoms with Gasteiger partial charge in [-0.25, -0.2) is 4.79 Å². The fourth-order valence-electron chi connectivity index (χ4n) is 3.59. The molecule has 150 valence electrons. The molecule has 3 aromatic rings. The van der Waals surface area contributed by atoms with Crippen LogP contribution in [0.15, 0.2) is 26.0 Å². The van der Waals surface area contributed by atoms with Crippen molar-refractivity contribution in [2.24, 2.45) is 0 Å². The van der Waals surface area contributed by atoms with E-state index in [1.807, 2.05) is 33.1 Å². The molecule has 1 atom stereocenters. The third-order valence-electron chi connectivity index (χ3n) is 5.06. The van der Waals surface area contributed by atoms with Gasteiger partial charge < -0.3 is 19.3 Å². The van der Waals surface area contributed by atoms with E-state index in [-0.39, 0.29) is 25.0 Å². The van der Waals surface area contributed by atoms with Gasteiger partial charge in [-0.1, -0.05) is 0 Å².